The van der Waals surface area contributed by atoms with Gasteiger partial charge in [0.15, 0.2) is 5.75 Å². The lowest BCUT2D eigenvalue weighted by atomic mass is 10.1. The van der Waals surface area contributed by atoms with Gasteiger partial charge in [0.1, 0.15) is 12.4 Å². The number of ether oxygens (including phenoxy) is 2. The molecular formula is C20H19F2N5O4S. The Morgan fingerprint density at radius 1 is 1.25 bits per heavy atom. The van der Waals surface area contributed by atoms with Crippen LogP contribution in [0, 0.1) is 17.0 Å². The van der Waals surface area contributed by atoms with Crippen LogP contribution in [0.5, 0.6) is 11.5 Å². The molecule has 9 nitrogen and oxygen atoms in total. The summed E-state index contributed by atoms with van der Waals surface area (Å²) in [4.78, 5) is 10.8. The minimum Gasteiger partial charge on any atom is -0.496 e. The Labute approximate surface area is 186 Å². The van der Waals surface area contributed by atoms with Crippen LogP contribution in [-0.2, 0) is 6.61 Å². The molecule has 0 bridgehead atoms. The fourth-order valence-corrected chi connectivity index (χ4v) is 3.25. The maximum absolute atomic E-state index is 13.2. The topological polar surface area (TPSA) is 105 Å². The smallest absolute Gasteiger partial charge is 0.311 e. The average molecular weight is 463 g/mol. The molecule has 0 saturated carbocycles. The molecule has 1 heterocycles. The van der Waals surface area contributed by atoms with Crippen LogP contribution in [0.1, 0.15) is 28.9 Å². The van der Waals surface area contributed by atoms with Gasteiger partial charge in [0.2, 0.25) is 11.0 Å². The number of rotatable bonds is 9. The van der Waals surface area contributed by atoms with Gasteiger partial charge in [-0.2, -0.15) is 9.78 Å². The predicted octanol–water partition coefficient (Wildman–Crippen LogP) is 4.62. The quantitative estimate of drug-likeness (QED) is 0.197. The molecule has 0 aliphatic heterocycles. The van der Waals surface area contributed by atoms with Gasteiger partial charge in [0, 0.05) is 11.6 Å². The minimum absolute atomic E-state index is 0.0142. The zero-order valence-electron chi connectivity index (χ0n) is 17.4. The maximum atomic E-state index is 13.2. The largest absolute Gasteiger partial charge is 0.496 e. The Bertz CT molecular complexity index is 1150. The SMILES string of the molecule is COc1ccc(/C=N\n2c(SC)nnc2C(F)F)cc1COc1ccc(C)cc1[N+](=O)[O-]. The van der Waals surface area contributed by atoms with Crippen LogP contribution in [0.25, 0.3) is 0 Å². The summed E-state index contributed by atoms with van der Waals surface area (Å²) < 4.78 is 38.3. The van der Waals surface area contributed by atoms with Gasteiger partial charge < -0.3 is 9.47 Å². The van der Waals surface area contributed by atoms with Crippen LogP contribution in [0.15, 0.2) is 46.7 Å². The highest BCUT2D eigenvalue weighted by Crippen LogP contribution is 2.30. The summed E-state index contributed by atoms with van der Waals surface area (Å²) in [6, 6.07) is 9.72. The Balaban J connectivity index is 1.87. The van der Waals surface area contributed by atoms with E-state index in [0.717, 1.165) is 22.0 Å². The third-order valence-corrected chi connectivity index (χ3v) is 4.95. The van der Waals surface area contributed by atoms with Gasteiger partial charge >= 0.3 is 5.69 Å². The third-order valence-electron chi connectivity index (χ3n) is 4.33. The molecule has 0 aliphatic rings. The molecule has 0 saturated heterocycles. The maximum Gasteiger partial charge on any atom is 0.311 e. The van der Waals surface area contributed by atoms with Crippen molar-refractivity contribution in [2.45, 2.75) is 25.1 Å². The molecular weight excluding hydrogens is 444 g/mol. The Kier molecular flexibility index (Phi) is 7.36. The number of aromatic nitrogens is 3. The average Bonchev–Trinajstić information content (AvgIpc) is 3.20. The molecule has 0 unspecified atom stereocenters. The Hall–Kier alpha value is -3.54. The third kappa shape index (κ3) is 5.19. The van der Waals surface area contributed by atoms with E-state index in [1.54, 1.807) is 37.4 Å². The molecule has 1 aromatic heterocycles. The lowest BCUT2D eigenvalue weighted by Crippen LogP contribution is -2.03. The van der Waals surface area contributed by atoms with Crippen molar-refractivity contribution in [3.63, 3.8) is 0 Å². The Morgan fingerprint density at radius 2 is 2.00 bits per heavy atom. The normalized spacial score (nSPS) is 11.3. The second kappa shape index (κ2) is 10.2. The van der Waals surface area contributed by atoms with Crippen molar-refractivity contribution in [2.24, 2.45) is 5.10 Å². The molecule has 0 aliphatic carbocycles. The number of nitro groups is 1. The molecule has 32 heavy (non-hydrogen) atoms. The second-order valence-electron chi connectivity index (χ2n) is 6.49. The monoisotopic (exact) mass is 463 g/mol. The van der Waals surface area contributed by atoms with E-state index in [1.807, 2.05) is 0 Å². The van der Waals surface area contributed by atoms with Crippen LogP contribution in [-0.4, -0.2) is 39.4 Å². The molecule has 0 amide bonds. The first kappa shape index (κ1) is 23.1. The molecule has 3 aromatic rings. The van der Waals surface area contributed by atoms with E-state index >= 15 is 0 Å². The zero-order valence-corrected chi connectivity index (χ0v) is 18.2. The lowest BCUT2D eigenvalue weighted by Gasteiger charge is -2.11. The predicted molar refractivity (Wildman–Crippen MR) is 115 cm³/mol. The Morgan fingerprint density at radius 3 is 2.66 bits per heavy atom. The second-order valence-corrected chi connectivity index (χ2v) is 7.26. The first-order valence-electron chi connectivity index (χ1n) is 9.20. The fourth-order valence-electron chi connectivity index (χ4n) is 2.81. The van der Waals surface area contributed by atoms with Crippen molar-refractivity contribution >= 4 is 23.7 Å². The molecule has 168 valence electrons. The van der Waals surface area contributed by atoms with Gasteiger partial charge in [-0.3, -0.25) is 10.1 Å². The molecule has 0 fully saturated rings. The summed E-state index contributed by atoms with van der Waals surface area (Å²) in [5.74, 6) is 0.0611. The number of aryl methyl sites for hydroxylation is 1. The van der Waals surface area contributed by atoms with Crippen molar-refractivity contribution in [3.8, 4) is 11.5 Å². The number of halogens is 2. The summed E-state index contributed by atoms with van der Waals surface area (Å²) in [5.41, 5.74) is 1.76. The fraction of sp³-hybridized carbons (Fsp3) is 0.250. The van der Waals surface area contributed by atoms with Gasteiger partial charge in [-0.25, -0.2) is 8.78 Å². The summed E-state index contributed by atoms with van der Waals surface area (Å²) >= 11 is 1.14. The minimum atomic E-state index is -2.83. The highest BCUT2D eigenvalue weighted by Gasteiger charge is 2.19. The van der Waals surface area contributed by atoms with Crippen molar-refractivity contribution < 1.29 is 23.2 Å². The van der Waals surface area contributed by atoms with Crippen LogP contribution in [0.4, 0.5) is 14.5 Å². The van der Waals surface area contributed by atoms with Crippen molar-refractivity contribution in [1.29, 1.82) is 0 Å². The van der Waals surface area contributed by atoms with Crippen molar-refractivity contribution in [1.82, 2.24) is 14.9 Å². The molecule has 0 spiro atoms. The number of benzene rings is 2. The number of thioether (sulfide) groups is 1. The summed E-state index contributed by atoms with van der Waals surface area (Å²) in [6.45, 7) is 1.74. The van der Waals surface area contributed by atoms with Crippen LogP contribution < -0.4 is 9.47 Å². The van der Waals surface area contributed by atoms with E-state index in [-0.39, 0.29) is 23.2 Å². The number of hydrogen-bond acceptors (Lipinski definition) is 8. The first-order valence-corrected chi connectivity index (χ1v) is 10.4. The van der Waals surface area contributed by atoms with E-state index in [1.165, 1.54) is 25.5 Å². The summed E-state index contributed by atoms with van der Waals surface area (Å²) in [6.07, 6.45) is 0.232. The van der Waals surface area contributed by atoms with E-state index < -0.39 is 17.2 Å². The molecule has 0 atom stereocenters. The molecule has 0 N–H and O–H groups in total. The highest BCUT2D eigenvalue weighted by molar-refractivity contribution is 7.98. The number of hydrogen-bond donors (Lipinski definition) is 0. The number of nitrogens with zero attached hydrogens (tertiary/aromatic N) is 5. The van der Waals surface area contributed by atoms with Crippen LogP contribution in [0.2, 0.25) is 0 Å². The van der Waals surface area contributed by atoms with Gasteiger partial charge in [-0.05, 0) is 48.6 Å². The lowest BCUT2D eigenvalue weighted by molar-refractivity contribution is -0.386. The van der Waals surface area contributed by atoms with Crippen molar-refractivity contribution in [2.75, 3.05) is 13.4 Å². The molecule has 0 radical (unpaired) electrons. The number of nitro benzene ring substituents is 1. The van der Waals surface area contributed by atoms with E-state index in [0.29, 0.717) is 16.9 Å². The highest BCUT2D eigenvalue weighted by atomic mass is 32.2. The standard InChI is InChI=1S/C20H19F2N5O4S/c1-12-4-6-17(15(8-12)27(28)29)31-11-14-9-13(5-7-16(14)30-2)10-23-26-19(18(21)22)24-25-20(26)32-3/h4-10,18H,11H2,1-3H3/b23-10-. The molecule has 2 aromatic carbocycles. The van der Waals surface area contributed by atoms with E-state index in [9.17, 15) is 18.9 Å². The van der Waals surface area contributed by atoms with E-state index in [4.69, 9.17) is 9.47 Å². The van der Waals surface area contributed by atoms with Gasteiger partial charge in [-0.15, -0.1) is 10.2 Å². The van der Waals surface area contributed by atoms with Gasteiger partial charge in [0.25, 0.3) is 6.43 Å². The number of alkyl halides is 2. The van der Waals surface area contributed by atoms with E-state index in [2.05, 4.69) is 15.3 Å². The van der Waals surface area contributed by atoms with Gasteiger partial charge in [0.05, 0.1) is 18.2 Å². The summed E-state index contributed by atoms with van der Waals surface area (Å²) in [5, 5.41) is 22.8. The summed E-state index contributed by atoms with van der Waals surface area (Å²) in [7, 11) is 1.48. The van der Waals surface area contributed by atoms with Crippen LogP contribution in [0.3, 0.4) is 0 Å². The zero-order chi connectivity index (χ0) is 23.3. The first-order chi connectivity index (χ1) is 15.3. The molecule has 12 heteroatoms. The van der Waals surface area contributed by atoms with Crippen LogP contribution >= 0.6 is 11.8 Å². The molecule has 3 rings (SSSR count). The van der Waals surface area contributed by atoms with Crippen molar-refractivity contribution in [3.05, 3.63) is 69.0 Å². The number of methoxy groups -OCH3 is 1. The van der Waals surface area contributed by atoms with Gasteiger partial charge in [-0.1, -0.05) is 17.8 Å².